The molecule has 27 heavy (non-hydrogen) atoms. The summed E-state index contributed by atoms with van der Waals surface area (Å²) in [6.07, 6.45) is -2.81. The van der Waals surface area contributed by atoms with Crippen LogP contribution in [0.3, 0.4) is 0 Å². The maximum Gasteiger partial charge on any atom is 0.416 e. The van der Waals surface area contributed by atoms with Crippen molar-refractivity contribution in [1.82, 2.24) is 9.88 Å². The van der Waals surface area contributed by atoms with Crippen LogP contribution in [0.4, 0.5) is 18.9 Å². The molecular formula is C19H20F3N3O2. The van der Waals surface area contributed by atoms with Crippen LogP contribution in [0.25, 0.3) is 0 Å². The lowest BCUT2D eigenvalue weighted by Crippen LogP contribution is -2.49. The second-order valence-corrected chi connectivity index (χ2v) is 6.12. The Morgan fingerprint density at radius 2 is 1.89 bits per heavy atom. The van der Waals surface area contributed by atoms with Crippen molar-refractivity contribution in [3.05, 3.63) is 53.7 Å². The molecule has 1 aromatic carbocycles. The number of halogens is 3. The number of carbonyl (C=O) groups excluding carboxylic acids is 1. The van der Waals surface area contributed by atoms with Crippen LogP contribution in [-0.2, 0) is 6.18 Å². The van der Waals surface area contributed by atoms with Crippen LogP contribution < -0.4 is 9.64 Å². The number of anilines is 1. The summed E-state index contributed by atoms with van der Waals surface area (Å²) in [5.74, 6) is 0.112. The highest BCUT2D eigenvalue weighted by molar-refractivity contribution is 5.96. The summed E-state index contributed by atoms with van der Waals surface area (Å²) in [5.41, 5.74) is 0.232. The van der Waals surface area contributed by atoms with Crippen molar-refractivity contribution >= 4 is 11.6 Å². The van der Waals surface area contributed by atoms with E-state index >= 15 is 0 Å². The second kappa shape index (κ2) is 7.85. The van der Waals surface area contributed by atoms with Crippen LogP contribution in [0.2, 0.25) is 0 Å². The summed E-state index contributed by atoms with van der Waals surface area (Å²) in [6, 6.07) is 8.60. The maximum absolute atomic E-state index is 12.9. The molecule has 1 aliphatic heterocycles. The number of aromatic nitrogens is 1. The zero-order valence-electron chi connectivity index (χ0n) is 14.9. The van der Waals surface area contributed by atoms with Crippen molar-refractivity contribution in [3.8, 4) is 5.88 Å². The molecule has 1 fully saturated rings. The predicted molar refractivity (Wildman–Crippen MR) is 95.0 cm³/mol. The van der Waals surface area contributed by atoms with Gasteiger partial charge in [-0.1, -0.05) is 6.07 Å². The molecule has 3 rings (SSSR count). The average Bonchev–Trinajstić information content (AvgIpc) is 2.68. The minimum atomic E-state index is -4.37. The fraction of sp³-hybridized carbons (Fsp3) is 0.368. The number of piperazine rings is 1. The van der Waals surface area contributed by atoms with Crippen LogP contribution >= 0.6 is 0 Å². The van der Waals surface area contributed by atoms with Crippen molar-refractivity contribution in [2.75, 3.05) is 37.7 Å². The lowest BCUT2D eigenvalue weighted by atomic mass is 10.1. The zero-order chi connectivity index (χ0) is 19.4. The first-order valence-corrected chi connectivity index (χ1v) is 8.69. The van der Waals surface area contributed by atoms with Crippen molar-refractivity contribution in [3.63, 3.8) is 0 Å². The second-order valence-electron chi connectivity index (χ2n) is 6.12. The van der Waals surface area contributed by atoms with Gasteiger partial charge >= 0.3 is 6.18 Å². The minimum absolute atomic E-state index is 0.185. The minimum Gasteiger partial charge on any atom is -0.477 e. The third-order valence-corrected chi connectivity index (χ3v) is 4.39. The van der Waals surface area contributed by atoms with Gasteiger partial charge in [0.1, 0.15) is 5.56 Å². The van der Waals surface area contributed by atoms with Gasteiger partial charge in [0.15, 0.2) is 0 Å². The predicted octanol–water partition coefficient (Wildman–Crippen LogP) is 3.46. The topological polar surface area (TPSA) is 45.7 Å². The van der Waals surface area contributed by atoms with Crippen LogP contribution in [0.5, 0.6) is 5.88 Å². The molecule has 144 valence electrons. The van der Waals surface area contributed by atoms with Crippen molar-refractivity contribution < 1.29 is 22.7 Å². The third kappa shape index (κ3) is 4.32. The van der Waals surface area contributed by atoms with Gasteiger partial charge in [0.05, 0.1) is 12.2 Å². The average molecular weight is 379 g/mol. The number of ether oxygens (including phenoxy) is 1. The van der Waals surface area contributed by atoms with Gasteiger partial charge in [-0.3, -0.25) is 4.79 Å². The highest BCUT2D eigenvalue weighted by atomic mass is 19.4. The highest BCUT2D eigenvalue weighted by Gasteiger charge is 2.31. The van der Waals surface area contributed by atoms with E-state index in [1.165, 1.54) is 6.07 Å². The first-order valence-electron chi connectivity index (χ1n) is 8.69. The Morgan fingerprint density at radius 3 is 2.56 bits per heavy atom. The molecule has 8 heteroatoms. The Hall–Kier alpha value is -2.77. The molecule has 1 amide bonds. The van der Waals surface area contributed by atoms with Gasteiger partial charge in [-0.05, 0) is 37.3 Å². The van der Waals surface area contributed by atoms with E-state index in [0.29, 0.717) is 49.9 Å². The molecule has 0 radical (unpaired) electrons. The van der Waals surface area contributed by atoms with Gasteiger partial charge in [0.25, 0.3) is 5.91 Å². The molecule has 1 aromatic heterocycles. The summed E-state index contributed by atoms with van der Waals surface area (Å²) in [6.45, 7) is 3.96. The SMILES string of the molecule is CCOc1ncccc1C(=O)N1CCN(c2cccc(C(F)(F)F)c2)CC1. The highest BCUT2D eigenvalue weighted by Crippen LogP contribution is 2.32. The van der Waals surface area contributed by atoms with E-state index in [4.69, 9.17) is 4.74 Å². The van der Waals surface area contributed by atoms with E-state index < -0.39 is 11.7 Å². The van der Waals surface area contributed by atoms with Crippen molar-refractivity contribution in [1.29, 1.82) is 0 Å². The number of carbonyl (C=O) groups is 1. The molecule has 1 aliphatic rings. The van der Waals surface area contributed by atoms with Gasteiger partial charge in [-0.25, -0.2) is 4.98 Å². The smallest absolute Gasteiger partial charge is 0.416 e. The molecule has 0 N–H and O–H groups in total. The molecule has 0 bridgehead atoms. The zero-order valence-corrected chi connectivity index (χ0v) is 14.9. The number of hydrogen-bond acceptors (Lipinski definition) is 4. The fourth-order valence-corrected chi connectivity index (χ4v) is 3.02. The van der Waals surface area contributed by atoms with Gasteiger partial charge in [0, 0.05) is 38.1 Å². The number of pyridine rings is 1. The number of nitrogens with zero attached hydrogens (tertiary/aromatic N) is 3. The molecule has 2 aromatic rings. The Kier molecular flexibility index (Phi) is 5.53. The van der Waals surface area contributed by atoms with Crippen LogP contribution in [0.1, 0.15) is 22.8 Å². The van der Waals surface area contributed by atoms with E-state index in [9.17, 15) is 18.0 Å². The number of alkyl halides is 3. The van der Waals surface area contributed by atoms with Crippen molar-refractivity contribution in [2.24, 2.45) is 0 Å². The van der Waals surface area contributed by atoms with Crippen LogP contribution in [0, 0.1) is 0 Å². The van der Waals surface area contributed by atoms with E-state index in [-0.39, 0.29) is 5.91 Å². The van der Waals surface area contributed by atoms with E-state index in [1.807, 2.05) is 11.8 Å². The summed E-state index contributed by atoms with van der Waals surface area (Å²) < 4.78 is 44.1. The largest absolute Gasteiger partial charge is 0.477 e. The van der Waals surface area contributed by atoms with Crippen LogP contribution in [-0.4, -0.2) is 48.6 Å². The molecule has 0 unspecified atom stereocenters. The first kappa shape index (κ1) is 19.0. The normalized spacial score (nSPS) is 15.0. The van der Waals surface area contributed by atoms with Crippen molar-refractivity contribution in [2.45, 2.75) is 13.1 Å². The Labute approximate surface area is 155 Å². The van der Waals surface area contributed by atoms with Gasteiger partial charge in [-0.2, -0.15) is 13.2 Å². The molecule has 0 atom stereocenters. The number of hydrogen-bond donors (Lipinski definition) is 0. The lowest BCUT2D eigenvalue weighted by molar-refractivity contribution is -0.137. The number of amides is 1. The standard InChI is InChI=1S/C19H20F3N3O2/c1-2-27-17-16(7-4-8-23-17)18(26)25-11-9-24(10-12-25)15-6-3-5-14(13-15)19(20,21)22/h3-8,13H,2,9-12H2,1H3. The Morgan fingerprint density at radius 1 is 1.15 bits per heavy atom. The quantitative estimate of drug-likeness (QED) is 0.816. The lowest BCUT2D eigenvalue weighted by Gasteiger charge is -2.36. The molecule has 0 aliphatic carbocycles. The van der Waals surface area contributed by atoms with Gasteiger partial charge in [-0.15, -0.1) is 0 Å². The summed E-state index contributed by atoms with van der Waals surface area (Å²) in [5, 5.41) is 0. The molecule has 0 spiro atoms. The summed E-state index contributed by atoms with van der Waals surface area (Å²) in [4.78, 5) is 20.4. The Bertz CT molecular complexity index is 803. The van der Waals surface area contributed by atoms with E-state index in [1.54, 1.807) is 29.3 Å². The molecule has 0 saturated carbocycles. The summed E-state index contributed by atoms with van der Waals surface area (Å²) in [7, 11) is 0. The number of benzene rings is 1. The molecular weight excluding hydrogens is 359 g/mol. The first-order chi connectivity index (χ1) is 12.9. The third-order valence-electron chi connectivity index (χ3n) is 4.39. The van der Waals surface area contributed by atoms with Gasteiger partial charge in [0.2, 0.25) is 5.88 Å². The molecule has 5 nitrogen and oxygen atoms in total. The Balaban J connectivity index is 1.68. The maximum atomic E-state index is 12.9. The van der Waals surface area contributed by atoms with E-state index in [2.05, 4.69) is 4.98 Å². The van der Waals surface area contributed by atoms with Gasteiger partial charge < -0.3 is 14.5 Å². The fourth-order valence-electron chi connectivity index (χ4n) is 3.02. The molecule has 1 saturated heterocycles. The van der Waals surface area contributed by atoms with E-state index in [0.717, 1.165) is 12.1 Å². The number of rotatable bonds is 4. The summed E-state index contributed by atoms with van der Waals surface area (Å²) >= 11 is 0. The molecule has 2 heterocycles. The van der Waals surface area contributed by atoms with Crippen LogP contribution in [0.15, 0.2) is 42.6 Å². The monoisotopic (exact) mass is 379 g/mol.